The summed E-state index contributed by atoms with van der Waals surface area (Å²) in [6.45, 7) is 1.74. The van der Waals surface area contributed by atoms with Crippen molar-refractivity contribution in [3.05, 3.63) is 29.3 Å². The first-order valence-corrected chi connectivity index (χ1v) is 9.70. The maximum atomic E-state index is 13.1. The van der Waals surface area contributed by atoms with E-state index in [1.165, 1.54) is 17.5 Å². The van der Waals surface area contributed by atoms with Crippen molar-refractivity contribution in [2.75, 3.05) is 14.2 Å². The quantitative estimate of drug-likeness (QED) is 0.799. The largest absolute Gasteiger partial charge is 0.465 e. The highest BCUT2D eigenvalue weighted by atomic mass is 35.5. The Morgan fingerprint density at radius 1 is 1.24 bits per heavy atom. The van der Waals surface area contributed by atoms with Gasteiger partial charge in [0.15, 0.2) is 0 Å². The van der Waals surface area contributed by atoms with Crippen LogP contribution in [-0.4, -0.2) is 51.0 Å². The minimum Gasteiger partial charge on any atom is -0.465 e. The molecular formula is C17H25ClN2O4S. The Hall–Kier alpha value is -1.15. The molecule has 2 bridgehead atoms. The number of fused-ring (bicyclic) bond motifs is 2. The van der Waals surface area contributed by atoms with Gasteiger partial charge in [0, 0.05) is 25.2 Å². The molecule has 140 valence electrons. The Morgan fingerprint density at radius 3 is 2.40 bits per heavy atom. The number of nitrogens with zero attached hydrogens (tertiary/aromatic N) is 1. The molecule has 8 heteroatoms. The second kappa shape index (κ2) is 7.61. The maximum absolute atomic E-state index is 13.1. The molecule has 0 spiro atoms. The molecule has 0 aromatic heterocycles. The van der Waals surface area contributed by atoms with Gasteiger partial charge in [-0.1, -0.05) is 6.07 Å². The van der Waals surface area contributed by atoms with E-state index in [0.29, 0.717) is 17.6 Å². The first kappa shape index (κ1) is 20.2. The summed E-state index contributed by atoms with van der Waals surface area (Å²) in [7, 11) is -0.722. The van der Waals surface area contributed by atoms with Crippen LogP contribution in [0.25, 0.3) is 0 Å². The van der Waals surface area contributed by atoms with Crippen molar-refractivity contribution >= 4 is 28.4 Å². The number of halogens is 1. The molecule has 0 aliphatic carbocycles. The summed E-state index contributed by atoms with van der Waals surface area (Å²) in [4.78, 5) is 11.9. The monoisotopic (exact) mass is 388 g/mol. The highest BCUT2D eigenvalue weighted by molar-refractivity contribution is 7.89. The number of hydrogen-bond donors (Lipinski definition) is 1. The van der Waals surface area contributed by atoms with Crippen molar-refractivity contribution in [1.29, 1.82) is 0 Å². The summed E-state index contributed by atoms with van der Waals surface area (Å²) in [6.07, 6.45) is 3.90. The van der Waals surface area contributed by atoms with Gasteiger partial charge in [-0.3, -0.25) is 0 Å². The second-order valence-electron chi connectivity index (χ2n) is 6.76. The molecule has 2 aliphatic rings. The fraction of sp³-hybridized carbons (Fsp3) is 0.588. The predicted octanol–water partition coefficient (Wildman–Crippen LogP) is 2.11. The van der Waals surface area contributed by atoms with Gasteiger partial charge < -0.3 is 10.1 Å². The number of methoxy groups -OCH3 is 1. The number of carbonyl (C=O) groups is 1. The standard InChI is InChI=1S/C17H24N2O4S.ClH/c1-11-4-5-12(17(20)23-3)8-16(11)24(21,22)19(2)15-9-13-6-7-14(10-15)18-13;/h4-5,8,13-15,18H,6-7,9-10H2,1-3H3;1H. The molecule has 2 saturated heterocycles. The first-order valence-electron chi connectivity index (χ1n) is 8.26. The summed E-state index contributed by atoms with van der Waals surface area (Å²) in [5.74, 6) is -0.533. The highest BCUT2D eigenvalue weighted by Gasteiger charge is 2.39. The Bertz CT molecular complexity index is 741. The molecule has 2 unspecified atom stereocenters. The van der Waals surface area contributed by atoms with Crippen LogP contribution in [-0.2, 0) is 14.8 Å². The van der Waals surface area contributed by atoms with Crippen LogP contribution in [0.4, 0.5) is 0 Å². The number of rotatable bonds is 4. The van der Waals surface area contributed by atoms with Crippen LogP contribution >= 0.6 is 12.4 Å². The molecule has 0 radical (unpaired) electrons. The number of piperidine rings is 1. The summed E-state index contributed by atoms with van der Waals surface area (Å²) >= 11 is 0. The van der Waals surface area contributed by atoms with E-state index in [4.69, 9.17) is 4.74 Å². The van der Waals surface area contributed by atoms with Gasteiger partial charge in [0.1, 0.15) is 0 Å². The van der Waals surface area contributed by atoms with Crippen molar-refractivity contribution in [2.45, 2.75) is 55.6 Å². The van der Waals surface area contributed by atoms with Crippen molar-refractivity contribution in [1.82, 2.24) is 9.62 Å². The SMILES string of the molecule is COC(=O)c1ccc(C)c(S(=O)(=O)N(C)C2CC3CCC(C2)N3)c1.Cl. The molecule has 1 N–H and O–H groups in total. The van der Waals surface area contributed by atoms with Crippen molar-refractivity contribution in [2.24, 2.45) is 0 Å². The lowest BCUT2D eigenvalue weighted by Crippen LogP contribution is -2.48. The highest BCUT2D eigenvalue weighted by Crippen LogP contribution is 2.32. The zero-order chi connectivity index (χ0) is 17.5. The van der Waals surface area contributed by atoms with E-state index in [9.17, 15) is 13.2 Å². The molecule has 6 nitrogen and oxygen atoms in total. The molecule has 0 amide bonds. The van der Waals surface area contributed by atoms with Crippen molar-refractivity contribution in [3.8, 4) is 0 Å². The van der Waals surface area contributed by atoms with Crippen LogP contribution in [0.5, 0.6) is 0 Å². The second-order valence-corrected chi connectivity index (χ2v) is 8.72. The first-order chi connectivity index (χ1) is 11.3. The third-order valence-electron chi connectivity index (χ3n) is 5.23. The van der Waals surface area contributed by atoms with Crippen LogP contribution in [0, 0.1) is 6.92 Å². The van der Waals surface area contributed by atoms with Crippen LogP contribution < -0.4 is 5.32 Å². The average Bonchev–Trinajstić information content (AvgIpc) is 2.91. The zero-order valence-corrected chi connectivity index (χ0v) is 16.3. The van der Waals surface area contributed by atoms with E-state index in [1.807, 2.05) is 0 Å². The van der Waals surface area contributed by atoms with E-state index in [0.717, 1.165) is 25.7 Å². The lowest BCUT2D eigenvalue weighted by molar-refractivity contribution is 0.0600. The van der Waals surface area contributed by atoms with Crippen LogP contribution in [0.1, 0.15) is 41.6 Å². The minimum atomic E-state index is -3.65. The molecule has 2 fully saturated rings. The topological polar surface area (TPSA) is 75.7 Å². The van der Waals surface area contributed by atoms with Gasteiger partial charge in [-0.05, 0) is 50.3 Å². The number of aryl methyl sites for hydroxylation is 1. The lowest BCUT2D eigenvalue weighted by atomic mass is 10.0. The van der Waals surface area contributed by atoms with E-state index in [1.54, 1.807) is 26.1 Å². The van der Waals surface area contributed by atoms with E-state index < -0.39 is 16.0 Å². The molecule has 3 rings (SSSR count). The van der Waals surface area contributed by atoms with Crippen LogP contribution in [0.15, 0.2) is 23.1 Å². The number of benzene rings is 1. The van der Waals surface area contributed by atoms with Crippen LogP contribution in [0.2, 0.25) is 0 Å². The fourth-order valence-corrected chi connectivity index (χ4v) is 5.42. The number of hydrogen-bond acceptors (Lipinski definition) is 5. The van der Waals surface area contributed by atoms with E-state index in [-0.39, 0.29) is 28.9 Å². The van der Waals surface area contributed by atoms with Gasteiger partial charge in [-0.2, -0.15) is 4.31 Å². The molecule has 1 aromatic carbocycles. The van der Waals surface area contributed by atoms with E-state index in [2.05, 4.69) is 5.32 Å². The van der Waals surface area contributed by atoms with E-state index >= 15 is 0 Å². The Kier molecular flexibility index (Phi) is 6.14. The Labute approximate surface area is 155 Å². The minimum absolute atomic E-state index is 0. The Balaban J connectivity index is 0.00000225. The molecule has 2 aliphatic heterocycles. The molecular weight excluding hydrogens is 364 g/mol. The third kappa shape index (κ3) is 3.84. The summed E-state index contributed by atoms with van der Waals surface area (Å²) in [5.41, 5.74) is 0.881. The fourth-order valence-electron chi connectivity index (χ4n) is 3.80. The number of nitrogens with one attached hydrogen (secondary N) is 1. The number of esters is 1. The zero-order valence-electron chi connectivity index (χ0n) is 14.7. The van der Waals surface area contributed by atoms with Gasteiger partial charge in [0.2, 0.25) is 10.0 Å². The smallest absolute Gasteiger partial charge is 0.337 e. The maximum Gasteiger partial charge on any atom is 0.337 e. The van der Waals surface area contributed by atoms with Crippen molar-refractivity contribution < 1.29 is 17.9 Å². The van der Waals surface area contributed by atoms with Gasteiger partial charge >= 0.3 is 5.97 Å². The normalized spacial score (nSPS) is 25.5. The summed E-state index contributed by atoms with van der Waals surface area (Å²) in [6, 6.07) is 5.48. The molecule has 1 aromatic rings. The Morgan fingerprint density at radius 2 is 1.84 bits per heavy atom. The lowest BCUT2D eigenvalue weighted by Gasteiger charge is -2.35. The molecule has 2 heterocycles. The van der Waals surface area contributed by atoms with Gasteiger partial charge in [0.25, 0.3) is 0 Å². The molecule has 0 saturated carbocycles. The van der Waals surface area contributed by atoms with Gasteiger partial charge in [-0.25, -0.2) is 13.2 Å². The predicted molar refractivity (Wildman–Crippen MR) is 97.7 cm³/mol. The molecule has 2 atom stereocenters. The van der Waals surface area contributed by atoms with Crippen LogP contribution in [0.3, 0.4) is 0 Å². The molecule has 25 heavy (non-hydrogen) atoms. The number of sulfonamides is 1. The van der Waals surface area contributed by atoms with Gasteiger partial charge in [0.05, 0.1) is 17.6 Å². The third-order valence-corrected chi connectivity index (χ3v) is 7.28. The van der Waals surface area contributed by atoms with Crippen molar-refractivity contribution in [3.63, 3.8) is 0 Å². The van der Waals surface area contributed by atoms with Gasteiger partial charge in [-0.15, -0.1) is 12.4 Å². The summed E-state index contributed by atoms with van der Waals surface area (Å²) in [5, 5.41) is 3.53. The average molecular weight is 389 g/mol. The number of carbonyl (C=O) groups excluding carboxylic acids is 1. The number of ether oxygens (including phenoxy) is 1. The summed E-state index contributed by atoms with van der Waals surface area (Å²) < 4.78 is 32.4.